The van der Waals surface area contributed by atoms with Crippen LogP contribution < -0.4 is 10.6 Å². The van der Waals surface area contributed by atoms with Gasteiger partial charge >= 0.3 is 12.1 Å². The summed E-state index contributed by atoms with van der Waals surface area (Å²) in [5.41, 5.74) is 0. The lowest BCUT2D eigenvalue weighted by Crippen LogP contribution is -2.40. The van der Waals surface area contributed by atoms with Crippen LogP contribution in [0.2, 0.25) is 0 Å². The summed E-state index contributed by atoms with van der Waals surface area (Å²) < 4.78 is 4.35. The molecule has 1 amide bonds. The van der Waals surface area contributed by atoms with E-state index in [1.807, 2.05) is 6.26 Å². The maximum Gasteiger partial charge on any atom is 0.412 e. The van der Waals surface area contributed by atoms with Gasteiger partial charge < -0.3 is 20.5 Å². The van der Waals surface area contributed by atoms with Crippen LogP contribution in [0.3, 0.4) is 0 Å². The Kier molecular flexibility index (Phi) is 13.1. The van der Waals surface area contributed by atoms with Crippen LogP contribution in [0, 0.1) is 0 Å². The Morgan fingerprint density at radius 2 is 1.63 bits per heavy atom. The largest absolute Gasteiger partial charge is 0.480 e. The van der Waals surface area contributed by atoms with Crippen LogP contribution in [0.4, 0.5) is 4.79 Å². The third kappa shape index (κ3) is 11.3. The zero-order chi connectivity index (χ0) is 19.9. The van der Waals surface area contributed by atoms with Gasteiger partial charge in [0.25, 0.3) is 0 Å². The number of aliphatic carboxylic acids is 1. The van der Waals surface area contributed by atoms with Crippen molar-refractivity contribution < 1.29 is 19.4 Å². The molecule has 1 atom stereocenters. The molecule has 0 spiro atoms. The summed E-state index contributed by atoms with van der Waals surface area (Å²) in [4.78, 5) is 21.5. The van der Waals surface area contributed by atoms with E-state index < -0.39 is 18.1 Å². The highest BCUT2D eigenvalue weighted by Gasteiger charge is 2.20. The van der Waals surface area contributed by atoms with E-state index in [0.717, 1.165) is 18.3 Å². The van der Waals surface area contributed by atoms with Crippen LogP contribution in [-0.4, -0.2) is 47.3 Å². The third-order valence-electron chi connectivity index (χ3n) is 5.07. The van der Waals surface area contributed by atoms with Crippen molar-refractivity contribution in [3.05, 3.63) is 12.8 Å². The molecule has 0 saturated heterocycles. The molecule has 6 nitrogen and oxygen atoms in total. The summed E-state index contributed by atoms with van der Waals surface area (Å²) in [6.07, 6.45) is 16.9. The number of alkyl carbamates (subject to hydrolysis) is 1. The van der Waals surface area contributed by atoms with E-state index in [0.29, 0.717) is 12.2 Å². The molecule has 1 unspecified atom stereocenters. The Balaban J connectivity index is 0.000000270. The van der Waals surface area contributed by atoms with Crippen molar-refractivity contribution in [1.29, 1.82) is 0 Å². The summed E-state index contributed by atoms with van der Waals surface area (Å²) in [6, 6.07) is 0.837. The fourth-order valence-corrected chi connectivity index (χ4v) is 4.09. The van der Waals surface area contributed by atoms with Crippen molar-refractivity contribution in [3.63, 3.8) is 0 Å². The number of carboxylic acids is 1. The summed E-state index contributed by atoms with van der Waals surface area (Å²) in [6.45, 7) is 3.18. The minimum atomic E-state index is -1.07. The Labute approximate surface area is 167 Å². The quantitative estimate of drug-likeness (QED) is 0.527. The number of ether oxygens (including phenoxy) is 1. The molecule has 0 aliphatic heterocycles. The van der Waals surface area contributed by atoms with E-state index in [4.69, 9.17) is 5.11 Å². The highest BCUT2D eigenvalue weighted by atomic mass is 32.2. The monoisotopic (exact) mass is 400 g/mol. The molecule has 2 fully saturated rings. The average molecular weight is 401 g/mol. The van der Waals surface area contributed by atoms with Gasteiger partial charge in [-0.3, -0.25) is 0 Å². The van der Waals surface area contributed by atoms with E-state index in [-0.39, 0.29) is 0 Å². The molecule has 0 aromatic heterocycles. The third-order valence-corrected chi connectivity index (χ3v) is 5.72. The van der Waals surface area contributed by atoms with Gasteiger partial charge in [-0.25, -0.2) is 9.59 Å². The smallest absolute Gasteiger partial charge is 0.412 e. The first-order valence-electron chi connectivity index (χ1n) is 10.1. The SMILES string of the molecule is C1CCC(NC2CCCCC2)CC1.C=COC(=O)NC(CCSC)C(=O)O. The van der Waals surface area contributed by atoms with Crippen LogP contribution in [0.15, 0.2) is 12.8 Å². The van der Waals surface area contributed by atoms with Crippen molar-refractivity contribution in [2.75, 3.05) is 12.0 Å². The van der Waals surface area contributed by atoms with Crippen molar-refractivity contribution >= 4 is 23.8 Å². The number of thioether (sulfide) groups is 1. The average Bonchev–Trinajstić information content (AvgIpc) is 2.67. The van der Waals surface area contributed by atoms with Gasteiger partial charge in [0, 0.05) is 12.1 Å². The van der Waals surface area contributed by atoms with Gasteiger partial charge in [0.2, 0.25) is 0 Å². The molecule has 3 N–H and O–H groups in total. The molecule has 0 radical (unpaired) electrons. The second-order valence-corrected chi connectivity index (χ2v) is 8.21. The van der Waals surface area contributed by atoms with Gasteiger partial charge in [-0.15, -0.1) is 0 Å². The first-order valence-corrected chi connectivity index (χ1v) is 11.5. The molecular formula is C20H36N2O4S. The summed E-state index contributed by atoms with van der Waals surface area (Å²) >= 11 is 1.51. The Morgan fingerprint density at radius 3 is 2.04 bits per heavy atom. The van der Waals surface area contributed by atoms with Crippen LogP contribution >= 0.6 is 11.8 Å². The van der Waals surface area contributed by atoms with Crippen LogP contribution in [0.25, 0.3) is 0 Å². The molecule has 0 aromatic rings. The molecule has 0 aromatic carbocycles. The minimum absolute atomic E-state index is 0.364. The van der Waals surface area contributed by atoms with Crippen LogP contribution in [-0.2, 0) is 9.53 Å². The lowest BCUT2D eigenvalue weighted by atomic mass is 9.91. The van der Waals surface area contributed by atoms with Gasteiger partial charge in [0.05, 0.1) is 6.26 Å². The zero-order valence-corrected chi connectivity index (χ0v) is 17.4. The van der Waals surface area contributed by atoms with E-state index in [1.165, 1.54) is 76.0 Å². The van der Waals surface area contributed by atoms with Gasteiger partial charge in [0.15, 0.2) is 0 Å². The number of hydrogen-bond donors (Lipinski definition) is 3. The highest BCUT2D eigenvalue weighted by Crippen LogP contribution is 2.22. The Bertz CT molecular complexity index is 420. The topological polar surface area (TPSA) is 87.7 Å². The number of amides is 1. The van der Waals surface area contributed by atoms with Gasteiger partial charge in [0.1, 0.15) is 6.04 Å². The molecule has 27 heavy (non-hydrogen) atoms. The second kappa shape index (κ2) is 14.8. The van der Waals surface area contributed by atoms with Gasteiger partial charge in [-0.05, 0) is 44.1 Å². The molecule has 2 rings (SSSR count). The van der Waals surface area contributed by atoms with Gasteiger partial charge in [-0.1, -0.05) is 45.1 Å². The number of nitrogens with one attached hydrogen (secondary N) is 2. The number of carbonyl (C=O) groups is 2. The fourth-order valence-electron chi connectivity index (χ4n) is 3.62. The summed E-state index contributed by atoms with van der Waals surface area (Å²) in [7, 11) is 0. The highest BCUT2D eigenvalue weighted by molar-refractivity contribution is 7.98. The van der Waals surface area contributed by atoms with Crippen LogP contribution in [0.5, 0.6) is 0 Å². The molecular weight excluding hydrogens is 364 g/mol. The summed E-state index contributed by atoms with van der Waals surface area (Å²) in [5, 5.41) is 14.8. The second-order valence-electron chi connectivity index (χ2n) is 7.23. The van der Waals surface area contributed by atoms with E-state index >= 15 is 0 Å². The summed E-state index contributed by atoms with van der Waals surface area (Å²) in [5.74, 6) is -0.411. The lowest BCUT2D eigenvalue weighted by molar-refractivity contribution is -0.139. The van der Waals surface area contributed by atoms with E-state index in [9.17, 15) is 9.59 Å². The number of carboxylic acid groups (broad SMARTS) is 1. The molecule has 0 heterocycles. The van der Waals surface area contributed by atoms with Crippen molar-refractivity contribution in [1.82, 2.24) is 10.6 Å². The number of hydrogen-bond acceptors (Lipinski definition) is 5. The Hall–Kier alpha value is -1.21. The van der Waals surface area contributed by atoms with E-state index in [1.54, 1.807) is 0 Å². The molecule has 2 saturated carbocycles. The lowest BCUT2D eigenvalue weighted by Gasteiger charge is -2.30. The van der Waals surface area contributed by atoms with Crippen molar-refractivity contribution in [3.8, 4) is 0 Å². The standard InChI is InChI=1S/C12H23N.C8H13NO4S/c1-3-7-11(8-4-1)13-12-9-5-2-6-10-12;1-3-13-8(12)9-6(7(10)11)4-5-14-2/h11-13H,1-10H2;3,6H,1,4-5H2,2H3,(H,9,12)(H,10,11). The first-order chi connectivity index (χ1) is 13.1. The predicted octanol–water partition coefficient (Wildman–Crippen LogP) is 4.30. The maximum absolute atomic E-state index is 10.8. The van der Waals surface area contributed by atoms with Crippen molar-refractivity contribution in [2.45, 2.75) is 88.8 Å². The molecule has 2 aliphatic carbocycles. The van der Waals surface area contributed by atoms with Crippen LogP contribution in [0.1, 0.15) is 70.6 Å². The van der Waals surface area contributed by atoms with E-state index in [2.05, 4.69) is 21.9 Å². The molecule has 2 aliphatic rings. The predicted molar refractivity (Wildman–Crippen MR) is 111 cm³/mol. The maximum atomic E-state index is 10.8. The molecule has 156 valence electrons. The minimum Gasteiger partial charge on any atom is -0.480 e. The number of rotatable bonds is 8. The normalized spacial score (nSPS) is 19.3. The van der Waals surface area contributed by atoms with Crippen molar-refractivity contribution in [2.24, 2.45) is 0 Å². The number of carbonyl (C=O) groups excluding carboxylic acids is 1. The zero-order valence-electron chi connectivity index (χ0n) is 16.6. The van der Waals surface area contributed by atoms with Gasteiger partial charge in [-0.2, -0.15) is 11.8 Å². The first kappa shape index (κ1) is 23.8. The Morgan fingerprint density at radius 1 is 1.11 bits per heavy atom. The fraction of sp³-hybridized carbons (Fsp3) is 0.800. The molecule has 0 bridgehead atoms. The molecule has 7 heteroatoms.